The van der Waals surface area contributed by atoms with Gasteiger partial charge in [-0.2, -0.15) is 0 Å². The Labute approximate surface area is 157 Å². The zero-order chi connectivity index (χ0) is 19.6. The number of benzene rings is 1. The lowest BCUT2D eigenvalue weighted by molar-refractivity contribution is -0.123. The van der Waals surface area contributed by atoms with Gasteiger partial charge in [-0.15, -0.1) is 0 Å². The Morgan fingerprint density at radius 2 is 1.89 bits per heavy atom. The summed E-state index contributed by atoms with van der Waals surface area (Å²) in [4.78, 5) is 41.6. The van der Waals surface area contributed by atoms with Gasteiger partial charge in [-0.05, 0) is 31.0 Å². The van der Waals surface area contributed by atoms with Gasteiger partial charge in [0.1, 0.15) is 0 Å². The molecular weight excluding hydrogens is 346 g/mol. The molecule has 1 heterocycles. The van der Waals surface area contributed by atoms with E-state index in [1.165, 1.54) is 6.42 Å². The number of amides is 3. The largest absolute Gasteiger partial charge is 0.370 e. The van der Waals surface area contributed by atoms with Crippen LogP contribution in [0.1, 0.15) is 49.1 Å². The Bertz CT molecular complexity index is 883. The van der Waals surface area contributed by atoms with E-state index in [0.717, 1.165) is 25.7 Å². The van der Waals surface area contributed by atoms with Crippen molar-refractivity contribution >= 4 is 34.4 Å². The van der Waals surface area contributed by atoms with Gasteiger partial charge in [0, 0.05) is 31.6 Å². The van der Waals surface area contributed by atoms with Gasteiger partial charge < -0.3 is 20.9 Å². The predicted molar refractivity (Wildman–Crippen MR) is 102 cm³/mol. The van der Waals surface area contributed by atoms with Crippen molar-refractivity contribution in [2.24, 2.45) is 17.4 Å². The van der Waals surface area contributed by atoms with E-state index < -0.39 is 11.8 Å². The van der Waals surface area contributed by atoms with Crippen LogP contribution in [0, 0.1) is 5.92 Å². The van der Waals surface area contributed by atoms with E-state index in [1.54, 1.807) is 28.6 Å². The summed E-state index contributed by atoms with van der Waals surface area (Å²) in [5.74, 6) is -0.902. The second kappa shape index (κ2) is 7.77. The van der Waals surface area contributed by atoms with E-state index >= 15 is 0 Å². The minimum absolute atomic E-state index is 0.0637. The molecule has 8 heteroatoms. The summed E-state index contributed by atoms with van der Waals surface area (Å²) >= 11 is 0. The number of anilines is 1. The Balaban J connectivity index is 1.91. The van der Waals surface area contributed by atoms with Crippen LogP contribution in [0.5, 0.6) is 0 Å². The molecule has 1 saturated carbocycles. The van der Waals surface area contributed by atoms with Crippen molar-refractivity contribution in [2.75, 3.05) is 11.9 Å². The summed E-state index contributed by atoms with van der Waals surface area (Å²) < 4.78 is 1.59. The number of carbonyl (C=O) groups excluding carboxylic acids is 3. The van der Waals surface area contributed by atoms with Gasteiger partial charge in [0.25, 0.3) is 5.91 Å². The third-order valence-electron chi connectivity index (χ3n) is 5.21. The molecule has 1 fully saturated rings. The SMILES string of the molecule is CN(C(=O)C1CCCCC1)c1ccc2c(c1)nc(C(N)=O)n2CCC(N)=O. The lowest BCUT2D eigenvalue weighted by Gasteiger charge is -2.26. The van der Waals surface area contributed by atoms with E-state index in [0.29, 0.717) is 16.7 Å². The standard InChI is InChI=1S/C19H25N5O3/c1-23(19(27)12-5-3-2-4-6-12)13-7-8-15-14(11-13)22-18(17(21)26)24(15)10-9-16(20)25/h7-8,11-12H,2-6,9-10H2,1H3,(H2,20,25)(H2,21,26). The van der Waals surface area contributed by atoms with Crippen LogP contribution in [0.15, 0.2) is 18.2 Å². The molecule has 0 saturated heterocycles. The van der Waals surface area contributed by atoms with E-state index in [1.807, 2.05) is 6.07 Å². The molecule has 0 atom stereocenters. The van der Waals surface area contributed by atoms with Gasteiger partial charge in [0.15, 0.2) is 5.82 Å². The average molecular weight is 371 g/mol. The molecule has 3 amide bonds. The molecule has 27 heavy (non-hydrogen) atoms. The van der Waals surface area contributed by atoms with Crippen molar-refractivity contribution in [3.8, 4) is 0 Å². The predicted octanol–water partition coefficient (Wildman–Crippen LogP) is 1.55. The molecule has 1 aromatic carbocycles. The third-order valence-corrected chi connectivity index (χ3v) is 5.21. The maximum absolute atomic E-state index is 12.8. The van der Waals surface area contributed by atoms with Crippen molar-refractivity contribution in [3.63, 3.8) is 0 Å². The highest BCUT2D eigenvalue weighted by Crippen LogP contribution is 2.28. The number of carbonyl (C=O) groups is 3. The Morgan fingerprint density at radius 3 is 2.52 bits per heavy atom. The van der Waals surface area contributed by atoms with Gasteiger partial charge in [0.2, 0.25) is 11.8 Å². The summed E-state index contributed by atoms with van der Waals surface area (Å²) in [6.45, 7) is 0.223. The van der Waals surface area contributed by atoms with Crippen LogP contribution in [0.4, 0.5) is 5.69 Å². The van der Waals surface area contributed by atoms with E-state index in [-0.39, 0.29) is 30.6 Å². The molecule has 0 spiro atoms. The molecule has 0 unspecified atom stereocenters. The number of aryl methyl sites for hydroxylation is 1. The summed E-state index contributed by atoms with van der Waals surface area (Å²) in [6.07, 6.45) is 5.31. The smallest absolute Gasteiger partial charge is 0.284 e. The first-order chi connectivity index (χ1) is 12.9. The van der Waals surface area contributed by atoms with Crippen molar-refractivity contribution in [3.05, 3.63) is 24.0 Å². The molecule has 0 aliphatic heterocycles. The van der Waals surface area contributed by atoms with Crippen molar-refractivity contribution < 1.29 is 14.4 Å². The summed E-state index contributed by atoms with van der Waals surface area (Å²) in [5, 5.41) is 0. The Hall–Kier alpha value is -2.90. The monoisotopic (exact) mass is 371 g/mol. The lowest BCUT2D eigenvalue weighted by atomic mass is 9.88. The van der Waals surface area contributed by atoms with Gasteiger partial charge in [0.05, 0.1) is 11.0 Å². The highest BCUT2D eigenvalue weighted by molar-refractivity contribution is 5.98. The number of fused-ring (bicyclic) bond motifs is 1. The molecule has 144 valence electrons. The van der Waals surface area contributed by atoms with E-state index in [9.17, 15) is 14.4 Å². The highest BCUT2D eigenvalue weighted by atomic mass is 16.2. The average Bonchev–Trinajstić information content (AvgIpc) is 3.04. The topological polar surface area (TPSA) is 124 Å². The minimum atomic E-state index is -0.677. The maximum Gasteiger partial charge on any atom is 0.284 e. The number of aromatic nitrogens is 2. The number of nitrogens with two attached hydrogens (primary N) is 2. The summed E-state index contributed by atoms with van der Waals surface area (Å²) in [6, 6.07) is 5.37. The van der Waals surface area contributed by atoms with E-state index in [2.05, 4.69) is 4.98 Å². The summed E-state index contributed by atoms with van der Waals surface area (Å²) in [7, 11) is 1.76. The van der Waals surface area contributed by atoms with Gasteiger partial charge >= 0.3 is 0 Å². The fraction of sp³-hybridized carbons (Fsp3) is 0.474. The third kappa shape index (κ3) is 3.94. The number of primary amides is 2. The normalized spacial score (nSPS) is 15.0. The van der Waals surface area contributed by atoms with Gasteiger partial charge in [-0.1, -0.05) is 19.3 Å². The lowest BCUT2D eigenvalue weighted by Crippen LogP contribution is -2.33. The minimum Gasteiger partial charge on any atom is -0.370 e. The molecule has 1 aromatic heterocycles. The van der Waals surface area contributed by atoms with E-state index in [4.69, 9.17) is 11.5 Å². The van der Waals surface area contributed by atoms with Crippen LogP contribution < -0.4 is 16.4 Å². The van der Waals surface area contributed by atoms with Crippen LogP contribution in [-0.2, 0) is 16.1 Å². The number of imidazole rings is 1. The van der Waals surface area contributed by atoms with Crippen molar-refractivity contribution in [2.45, 2.75) is 45.1 Å². The maximum atomic E-state index is 12.8. The van der Waals surface area contributed by atoms with Gasteiger partial charge in [-0.25, -0.2) is 4.98 Å². The first-order valence-corrected chi connectivity index (χ1v) is 9.24. The second-order valence-electron chi connectivity index (χ2n) is 7.07. The van der Waals surface area contributed by atoms with Crippen LogP contribution in [0.3, 0.4) is 0 Å². The molecule has 8 nitrogen and oxygen atoms in total. The van der Waals surface area contributed by atoms with Crippen LogP contribution >= 0.6 is 0 Å². The van der Waals surface area contributed by atoms with Crippen LogP contribution in [-0.4, -0.2) is 34.3 Å². The van der Waals surface area contributed by atoms with Crippen molar-refractivity contribution in [1.82, 2.24) is 9.55 Å². The van der Waals surface area contributed by atoms with Gasteiger partial charge in [-0.3, -0.25) is 14.4 Å². The molecule has 0 radical (unpaired) electrons. The highest BCUT2D eigenvalue weighted by Gasteiger charge is 2.25. The zero-order valence-electron chi connectivity index (χ0n) is 15.5. The second-order valence-corrected chi connectivity index (χ2v) is 7.07. The first-order valence-electron chi connectivity index (χ1n) is 9.24. The molecule has 4 N–H and O–H groups in total. The Kier molecular flexibility index (Phi) is 5.43. The molecule has 1 aliphatic carbocycles. The van der Waals surface area contributed by atoms with Crippen LogP contribution in [0.2, 0.25) is 0 Å². The number of hydrogen-bond acceptors (Lipinski definition) is 4. The number of rotatable bonds is 6. The number of hydrogen-bond donors (Lipinski definition) is 2. The fourth-order valence-corrected chi connectivity index (χ4v) is 3.71. The molecule has 2 aromatic rings. The molecular formula is C19H25N5O3. The molecule has 1 aliphatic rings. The number of nitrogens with zero attached hydrogens (tertiary/aromatic N) is 3. The van der Waals surface area contributed by atoms with Crippen molar-refractivity contribution in [1.29, 1.82) is 0 Å². The quantitative estimate of drug-likeness (QED) is 0.799. The summed E-state index contributed by atoms with van der Waals surface area (Å²) in [5.41, 5.74) is 12.6. The Morgan fingerprint density at radius 1 is 1.19 bits per heavy atom. The van der Waals surface area contributed by atoms with Crippen LogP contribution in [0.25, 0.3) is 11.0 Å². The fourth-order valence-electron chi connectivity index (χ4n) is 3.71. The molecule has 0 bridgehead atoms. The molecule has 3 rings (SSSR count). The first kappa shape index (κ1) is 18.9. The zero-order valence-corrected chi connectivity index (χ0v) is 15.5.